The molecular weight excluding hydrogens is 467 g/mol. The van der Waals surface area contributed by atoms with Crippen LogP contribution >= 0.6 is 24.0 Å². The summed E-state index contributed by atoms with van der Waals surface area (Å²) >= 11 is 0. The lowest BCUT2D eigenvalue weighted by atomic mass is 10.1. The maximum Gasteiger partial charge on any atom is 0.223 e. The topological polar surface area (TPSA) is 74.8 Å². The van der Waals surface area contributed by atoms with Gasteiger partial charge in [-0.3, -0.25) is 9.79 Å². The number of benzene rings is 1. The summed E-state index contributed by atoms with van der Waals surface area (Å²) in [5.74, 6) is 2.57. The van der Waals surface area contributed by atoms with Crippen LogP contribution in [0.1, 0.15) is 52.1 Å². The molecule has 1 amide bonds. The Morgan fingerprint density at radius 3 is 2.43 bits per heavy atom. The highest BCUT2D eigenvalue weighted by molar-refractivity contribution is 14.0. The number of carbonyl (C=O) groups is 1. The molecule has 0 spiro atoms. The zero-order valence-electron chi connectivity index (χ0n) is 17.5. The lowest BCUT2D eigenvalue weighted by Crippen LogP contribution is -2.39. The van der Waals surface area contributed by atoms with Gasteiger partial charge in [0.05, 0.1) is 19.2 Å². The van der Waals surface area contributed by atoms with Crippen LogP contribution in [0, 0.1) is 11.8 Å². The van der Waals surface area contributed by atoms with Gasteiger partial charge in [-0.15, -0.1) is 24.0 Å². The van der Waals surface area contributed by atoms with Crippen molar-refractivity contribution in [3.05, 3.63) is 29.8 Å². The number of hydrogen-bond acceptors (Lipinski definition) is 3. The maximum atomic E-state index is 11.6. The van der Waals surface area contributed by atoms with E-state index in [0.717, 1.165) is 37.7 Å². The van der Waals surface area contributed by atoms with E-state index in [4.69, 9.17) is 4.74 Å². The molecule has 1 aromatic carbocycles. The van der Waals surface area contributed by atoms with Crippen molar-refractivity contribution >= 4 is 35.8 Å². The third kappa shape index (κ3) is 9.12. The Hall–Kier alpha value is -1.51. The first kappa shape index (κ1) is 24.5. The van der Waals surface area contributed by atoms with Crippen LogP contribution in [0.5, 0.6) is 5.75 Å². The van der Waals surface area contributed by atoms with E-state index in [0.29, 0.717) is 19.0 Å². The molecule has 2 rings (SSSR count). The molecule has 0 radical (unpaired) electrons. The predicted molar refractivity (Wildman–Crippen MR) is 125 cm³/mol. The minimum atomic E-state index is 0. The second-order valence-corrected chi connectivity index (χ2v) is 7.47. The monoisotopic (exact) mass is 502 g/mol. The van der Waals surface area contributed by atoms with Crippen LogP contribution in [-0.4, -0.2) is 38.1 Å². The molecule has 1 unspecified atom stereocenters. The van der Waals surface area contributed by atoms with Crippen molar-refractivity contribution in [3.63, 3.8) is 0 Å². The summed E-state index contributed by atoms with van der Waals surface area (Å²) < 4.78 is 5.74. The van der Waals surface area contributed by atoms with Crippen LogP contribution in [0.3, 0.4) is 0 Å². The van der Waals surface area contributed by atoms with Crippen LogP contribution < -0.4 is 20.7 Å². The number of halogens is 1. The van der Waals surface area contributed by atoms with Crippen molar-refractivity contribution in [1.29, 1.82) is 0 Å². The van der Waals surface area contributed by atoms with Crippen molar-refractivity contribution in [2.45, 2.75) is 46.6 Å². The van der Waals surface area contributed by atoms with Gasteiger partial charge in [0.25, 0.3) is 0 Å². The van der Waals surface area contributed by atoms with E-state index in [1.807, 2.05) is 19.1 Å². The summed E-state index contributed by atoms with van der Waals surface area (Å²) in [5, 5.41) is 9.60. The molecule has 0 aromatic heterocycles. The van der Waals surface area contributed by atoms with Gasteiger partial charge in [0.1, 0.15) is 5.75 Å². The summed E-state index contributed by atoms with van der Waals surface area (Å²) in [4.78, 5) is 16.2. The predicted octanol–water partition coefficient (Wildman–Crippen LogP) is 3.48. The molecule has 1 aromatic rings. The Labute approximate surface area is 186 Å². The molecule has 0 aliphatic heterocycles. The SMILES string of the molecule is CCNC(=NCCNC(=O)C1CC1)NC(C)c1ccc(OCC(C)C)cc1.I. The van der Waals surface area contributed by atoms with Crippen molar-refractivity contribution in [2.75, 3.05) is 26.2 Å². The Kier molecular flexibility index (Phi) is 11.3. The third-order valence-electron chi connectivity index (χ3n) is 4.29. The maximum absolute atomic E-state index is 11.6. The summed E-state index contributed by atoms with van der Waals surface area (Å²) in [6.45, 7) is 11.1. The normalized spacial score (nSPS) is 14.8. The van der Waals surface area contributed by atoms with Crippen molar-refractivity contribution < 1.29 is 9.53 Å². The molecule has 6 nitrogen and oxygen atoms in total. The van der Waals surface area contributed by atoms with Gasteiger partial charge in [0.15, 0.2) is 5.96 Å². The zero-order valence-corrected chi connectivity index (χ0v) is 19.8. The second-order valence-electron chi connectivity index (χ2n) is 7.47. The van der Waals surface area contributed by atoms with Crippen molar-refractivity contribution in [2.24, 2.45) is 16.8 Å². The van der Waals surface area contributed by atoms with Crippen LogP contribution in [0.4, 0.5) is 0 Å². The molecule has 7 heteroatoms. The van der Waals surface area contributed by atoms with Gasteiger partial charge in [-0.2, -0.15) is 0 Å². The Morgan fingerprint density at radius 2 is 1.86 bits per heavy atom. The highest BCUT2D eigenvalue weighted by Gasteiger charge is 2.28. The summed E-state index contributed by atoms with van der Waals surface area (Å²) in [6.07, 6.45) is 2.05. The van der Waals surface area contributed by atoms with Crippen molar-refractivity contribution in [1.82, 2.24) is 16.0 Å². The number of guanidine groups is 1. The fourth-order valence-corrected chi connectivity index (χ4v) is 2.56. The quantitative estimate of drug-likeness (QED) is 0.198. The number of hydrogen-bond donors (Lipinski definition) is 3. The summed E-state index contributed by atoms with van der Waals surface area (Å²) in [6, 6.07) is 8.28. The number of carbonyl (C=O) groups excluding carboxylic acids is 1. The lowest BCUT2D eigenvalue weighted by Gasteiger charge is -2.19. The first-order valence-corrected chi connectivity index (χ1v) is 10.0. The molecule has 1 fully saturated rings. The average Bonchev–Trinajstić information content (AvgIpc) is 3.49. The van der Waals surface area contributed by atoms with E-state index < -0.39 is 0 Å². The minimum Gasteiger partial charge on any atom is -0.493 e. The van der Waals surface area contributed by atoms with Gasteiger partial charge in [0, 0.05) is 19.0 Å². The molecule has 1 saturated carbocycles. The van der Waals surface area contributed by atoms with Gasteiger partial charge in [-0.05, 0) is 50.3 Å². The number of ether oxygens (including phenoxy) is 1. The number of nitrogens with one attached hydrogen (secondary N) is 3. The number of amides is 1. The van der Waals surface area contributed by atoms with Gasteiger partial charge >= 0.3 is 0 Å². The van der Waals surface area contributed by atoms with Crippen molar-refractivity contribution in [3.8, 4) is 5.75 Å². The Bertz CT molecular complexity index is 615. The fraction of sp³-hybridized carbons (Fsp3) is 0.619. The van der Waals surface area contributed by atoms with E-state index in [-0.39, 0.29) is 41.8 Å². The molecule has 3 N–H and O–H groups in total. The standard InChI is InChI=1S/C21H34N4O2.HI/c1-5-22-21(24-13-12-23-20(26)18-6-7-18)25-16(4)17-8-10-19(11-9-17)27-14-15(2)3;/h8-11,15-16,18H,5-7,12-14H2,1-4H3,(H,23,26)(H2,22,24,25);1H. The molecule has 0 saturated heterocycles. The molecule has 0 bridgehead atoms. The molecular formula is C21H35IN4O2. The Morgan fingerprint density at radius 1 is 1.18 bits per heavy atom. The van der Waals surface area contributed by atoms with E-state index in [1.165, 1.54) is 5.56 Å². The van der Waals surface area contributed by atoms with Gasteiger partial charge in [-0.1, -0.05) is 26.0 Å². The first-order chi connectivity index (χ1) is 13.0. The number of rotatable bonds is 10. The summed E-state index contributed by atoms with van der Waals surface area (Å²) in [7, 11) is 0. The van der Waals surface area contributed by atoms with Crippen LogP contribution in [0.2, 0.25) is 0 Å². The fourth-order valence-electron chi connectivity index (χ4n) is 2.56. The smallest absolute Gasteiger partial charge is 0.223 e. The van der Waals surface area contributed by atoms with Gasteiger partial charge < -0.3 is 20.7 Å². The number of aliphatic imine (C=N–C) groups is 1. The molecule has 1 atom stereocenters. The lowest BCUT2D eigenvalue weighted by molar-refractivity contribution is -0.122. The van der Waals surface area contributed by atoms with Crippen LogP contribution in [0.15, 0.2) is 29.3 Å². The van der Waals surface area contributed by atoms with Gasteiger partial charge in [-0.25, -0.2) is 0 Å². The third-order valence-corrected chi connectivity index (χ3v) is 4.29. The average molecular weight is 502 g/mol. The van der Waals surface area contributed by atoms with Crippen LogP contribution in [-0.2, 0) is 4.79 Å². The van der Waals surface area contributed by atoms with Gasteiger partial charge in [0.2, 0.25) is 5.91 Å². The number of nitrogens with zero attached hydrogens (tertiary/aromatic N) is 1. The van der Waals surface area contributed by atoms with Crippen LogP contribution in [0.25, 0.3) is 0 Å². The van der Waals surface area contributed by atoms with E-state index >= 15 is 0 Å². The van der Waals surface area contributed by atoms with E-state index in [1.54, 1.807) is 0 Å². The second kappa shape index (κ2) is 12.9. The molecule has 28 heavy (non-hydrogen) atoms. The van der Waals surface area contributed by atoms with E-state index in [2.05, 4.69) is 53.8 Å². The summed E-state index contributed by atoms with van der Waals surface area (Å²) in [5.41, 5.74) is 1.17. The highest BCUT2D eigenvalue weighted by atomic mass is 127. The molecule has 1 aliphatic rings. The van der Waals surface area contributed by atoms with E-state index in [9.17, 15) is 4.79 Å². The molecule has 1 aliphatic carbocycles. The minimum absolute atomic E-state index is 0. The highest BCUT2D eigenvalue weighted by Crippen LogP contribution is 2.28. The molecule has 0 heterocycles. The first-order valence-electron chi connectivity index (χ1n) is 10.0. The Balaban J connectivity index is 0.00000392. The zero-order chi connectivity index (χ0) is 19.6. The largest absolute Gasteiger partial charge is 0.493 e. The molecule has 158 valence electrons.